The Kier molecular flexibility index (Phi) is 8.54. The van der Waals surface area contributed by atoms with Gasteiger partial charge in [0.2, 0.25) is 11.8 Å². The van der Waals surface area contributed by atoms with E-state index in [9.17, 15) is 9.59 Å². The standard InChI is InChI=1S/C13H19N3O3.ClH/c1-19-9-11(14)13(18)16(8-12(15)17)7-10-5-3-2-4-6-10;/h2-6,11H,7-9,14H2,1H3,(H2,15,17);1H. The molecule has 0 aromatic heterocycles. The van der Waals surface area contributed by atoms with Crippen molar-refractivity contribution in [1.82, 2.24) is 4.90 Å². The first-order chi connectivity index (χ1) is 9.04. The number of nitrogens with zero attached hydrogens (tertiary/aromatic N) is 1. The van der Waals surface area contributed by atoms with Gasteiger partial charge in [-0.15, -0.1) is 12.4 Å². The molecule has 112 valence electrons. The third-order valence-electron chi connectivity index (χ3n) is 2.54. The molecule has 0 aliphatic carbocycles. The van der Waals surface area contributed by atoms with Crippen LogP contribution in [0.4, 0.5) is 0 Å². The van der Waals surface area contributed by atoms with Crippen LogP contribution >= 0.6 is 12.4 Å². The van der Waals surface area contributed by atoms with Crippen LogP contribution in [-0.2, 0) is 20.9 Å². The Morgan fingerprint density at radius 2 is 1.90 bits per heavy atom. The van der Waals surface area contributed by atoms with Gasteiger partial charge in [0, 0.05) is 13.7 Å². The van der Waals surface area contributed by atoms with Crippen molar-refractivity contribution < 1.29 is 14.3 Å². The van der Waals surface area contributed by atoms with Gasteiger partial charge in [-0.05, 0) is 5.56 Å². The number of halogens is 1. The van der Waals surface area contributed by atoms with Crippen molar-refractivity contribution in [2.45, 2.75) is 12.6 Å². The van der Waals surface area contributed by atoms with Gasteiger partial charge in [0.15, 0.2) is 0 Å². The minimum atomic E-state index is -0.798. The van der Waals surface area contributed by atoms with E-state index in [4.69, 9.17) is 16.2 Å². The van der Waals surface area contributed by atoms with Gasteiger partial charge >= 0.3 is 0 Å². The number of ether oxygens (including phenoxy) is 1. The summed E-state index contributed by atoms with van der Waals surface area (Å²) in [5.74, 6) is -0.932. The Balaban J connectivity index is 0.00000361. The van der Waals surface area contributed by atoms with Gasteiger partial charge in [0.05, 0.1) is 13.2 Å². The van der Waals surface area contributed by atoms with E-state index in [1.807, 2.05) is 30.3 Å². The molecule has 1 unspecified atom stereocenters. The number of primary amides is 1. The van der Waals surface area contributed by atoms with E-state index >= 15 is 0 Å². The normalized spacial score (nSPS) is 11.3. The molecular formula is C13H20ClN3O3. The van der Waals surface area contributed by atoms with Crippen LogP contribution in [0, 0.1) is 0 Å². The maximum absolute atomic E-state index is 12.1. The first kappa shape index (κ1) is 18.4. The molecule has 0 spiro atoms. The van der Waals surface area contributed by atoms with Crippen LogP contribution in [0.2, 0.25) is 0 Å². The summed E-state index contributed by atoms with van der Waals surface area (Å²) in [6.45, 7) is 0.230. The Hall–Kier alpha value is -1.63. The number of nitrogens with two attached hydrogens (primary N) is 2. The third-order valence-corrected chi connectivity index (χ3v) is 2.54. The van der Waals surface area contributed by atoms with Gasteiger partial charge in [0.1, 0.15) is 6.04 Å². The highest BCUT2D eigenvalue weighted by atomic mass is 35.5. The summed E-state index contributed by atoms with van der Waals surface area (Å²) in [6, 6.07) is 8.52. The molecule has 0 aliphatic heterocycles. The number of carbonyl (C=O) groups is 2. The number of hydrogen-bond acceptors (Lipinski definition) is 4. The van der Waals surface area contributed by atoms with E-state index in [0.29, 0.717) is 6.54 Å². The smallest absolute Gasteiger partial charge is 0.242 e. The summed E-state index contributed by atoms with van der Waals surface area (Å²) < 4.78 is 4.84. The van der Waals surface area contributed by atoms with Gasteiger partial charge in [-0.2, -0.15) is 0 Å². The molecule has 0 saturated carbocycles. The average Bonchev–Trinajstić information content (AvgIpc) is 2.38. The van der Waals surface area contributed by atoms with Crippen LogP contribution < -0.4 is 11.5 Å². The molecule has 7 heteroatoms. The Morgan fingerprint density at radius 3 is 2.40 bits per heavy atom. The molecule has 1 rings (SSSR count). The summed E-state index contributed by atoms with van der Waals surface area (Å²) in [5.41, 5.74) is 11.7. The monoisotopic (exact) mass is 301 g/mol. The molecule has 2 amide bonds. The number of hydrogen-bond donors (Lipinski definition) is 2. The molecule has 4 N–H and O–H groups in total. The summed E-state index contributed by atoms with van der Waals surface area (Å²) in [5, 5.41) is 0. The first-order valence-electron chi connectivity index (χ1n) is 5.90. The molecule has 1 atom stereocenters. The second-order valence-corrected chi connectivity index (χ2v) is 4.21. The zero-order chi connectivity index (χ0) is 14.3. The van der Waals surface area contributed by atoms with Crippen LogP contribution in [0.25, 0.3) is 0 Å². The molecule has 1 aromatic rings. The van der Waals surface area contributed by atoms with Crippen LogP contribution in [0.5, 0.6) is 0 Å². The fourth-order valence-corrected chi connectivity index (χ4v) is 1.69. The lowest BCUT2D eigenvalue weighted by Crippen LogP contribution is -2.48. The van der Waals surface area contributed by atoms with Crippen molar-refractivity contribution in [3.63, 3.8) is 0 Å². The van der Waals surface area contributed by atoms with Crippen molar-refractivity contribution in [2.24, 2.45) is 11.5 Å². The van der Waals surface area contributed by atoms with Crippen LogP contribution in [-0.4, -0.2) is 43.0 Å². The van der Waals surface area contributed by atoms with E-state index in [0.717, 1.165) is 5.56 Å². The van der Waals surface area contributed by atoms with Gasteiger partial charge in [-0.3, -0.25) is 9.59 Å². The number of benzene rings is 1. The maximum Gasteiger partial charge on any atom is 0.242 e. The molecule has 1 aromatic carbocycles. The SMILES string of the molecule is COCC(N)C(=O)N(CC(N)=O)Cc1ccccc1.Cl. The molecule has 0 saturated heterocycles. The molecule has 0 aliphatic rings. The van der Waals surface area contributed by atoms with E-state index < -0.39 is 11.9 Å². The summed E-state index contributed by atoms with van der Waals surface area (Å²) in [7, 11) is 1.46. The van der Waals surface area contributed by atoms with Crippen LogP contribution in [0.1, 0.15) is 5.56 Å². The van der Waals surface area contributed by atoms with E-state index in [2.05, 4.69) is 0 Å². The summed E-state index contributed by atoms with van der Waals surface area (Å²) in [4.78, 5) is 24.5. The lowest BCUT2D eigenvalue weighted by Gasteiger charge is -2.24. The highest BCUT2D eigenvalue weighted by molar-refractivity contribution is 5.86. The predicted octanol–water partition coefficient (Wildman–Crippen LogP) is -0.104. The molecule has 0 heterocycles. The number of methoxy groups -OCH3 is 1. The molecule has 0 fully saturated rings. The van der Waals surface area contributed by atoms with Crippen LogP contribution in [0.3, 0.4) is 0 Å². The minimum Gasteiger partial charge on any atom is -0.383 e. The van der Waals surface area contributed by atoms with Crippen LogP contribution in [0.15, 0.2) is 30.3 Å². The molecule has 6 nitrogen and oxygen atoms in total. The number of amides is 2. The highest BCUT2D eigenvalue weighted by Crippen LogP contribution is 2.05. The summed E-state index contributed by atoms with van der Waals surface area (Å²) >= 11 is 0. The van der Waals surface area contributed by atoms with Crippen molar-refractivity contribution in [2.75, 3.05) is 20.3 Å². The van der Waals surface area contributed by atoms with Crippen molar-refractivity contribution in [3.05, 3.63) is 35.9 Å². The minimum absolute atomic E-state index is 0. The predicted molar refractivity (Wildman–Crippen MR) is 78.2 cm³/mol. The van der Waals surface area contributed by atoms with Gasteiger partial charge in [-0.25, -0.2) is 0 Å². The number of carbonyl (C=O) groups excluding carboxylic acids is 2. The van der Waals surface area contributed by atoms with Gasteiger partial charge < -0.3 is 21.1 Å². The maximum atomic E-state index is 12.1. The molecule has 0 bridgehead atoms. The van der Waals surface area contributed by atoms with Crippen molar-refractivity contribution in [1.29, 1.82) is 0 Å². The highest BCUT2D eigenvalue weighted by Gasteiger charge is 2.22. The first-order valence-corrected chi connectivity index (χ1v) is 5.90. The zero-order valence-corrected chi connectivity index (χ0v) is 12.1. The van der Waals surface area contributed by atoms with Crippen molar-refractivity contribution in [3.8, 4) is 0 Å². The zero-order valence-electron chi connectivity index (χ0n) is 11.3. The van der Waals surface area contributed by atoms with Gasteiger partial charge in [0.25, 0.3) is 0 Å². The van der Waals surface area contributed by atoms with Crippen molar-refractivity contribution >= 4 is 24.2 Å². The van der Waals surface area contributed by atoms with E-state index in [1.165, 1.54) is 12.0 Å². The lowest BCUT2D eigenvalue weighted by molar-refractivity contribution is -0.137. The quantitative estimate of drug-likeness (QED) is 0.734. The molecule has 0 radical (unpaired) electrons. The Morgan fingerprint density at radius 1 is 1.30 bits per heavy atom. The largest absolute Gasteiger partial charge is 0.383 e. The molecule has 20 heavy (non-hydrogen) atoms. The summed E-state index contributed by atoms with van der Waals surface area (Å²) in [6.07, 6.45) is 0. The second kappa shape index (κ2) is 9.30. The topological polar surface area (TPSA) is 98.7 Å². The fourth-order valence-electron chi connectivity index (χ4n) is 1.69. The second-order valence-electron chi connectivity index (χ2n) is 4.21. The van der Waals surface area contributed by atoms with E-state index in [-0.39, 0.29) is 31.5 Å². The fraction of sp³-hybridized carbons (Fsp3) is 0.385. The Bertz CT molecular complexity index is 428. The lowest BCUT2D eigenvalue weighted by atomic mass is 10.2. The third kappa shape index (κ3) is 6.01. The average molecular weight is 302 g/mol. The van der Waals surface area contributed by atoms with E-state index in [1.54, 1.807) is 0 Å². The Labute approximate surface area is 124 Å². The van der Waals surface area contributed by atoms with Gasteiger partial charge in [-0.1, -0.05) is 30.3 Å². The number of rotatable bonds is 7. The molecular weight excluding hydrogens is 282 g/mol.